The van der Waals surface area contributed by atoms with Crippen molar-refractivity contribution in [3.05, 3.63) is 53.6 Å². The van der Waals surface area contributed by atoms with Gasteiger partial charge >= 0.3 is 11.8 Å². The number of carbonyl (C=O) groups excluding carboxylic acids is 3. The van der Waals surface area contributed by atoms with Crippen molar-refractivity contribution in [2.75, 3.05) is 32.2 Å². The van der Waals surface area contributed by atoms with Crippen LogP contribution in [0.3, 0.4) is 0 Å². The summed E-state index contributed by atoms with van der Waals surface area (Å²) in [5.41, 5.74) is 4.65. The number of hydrazone groups is 1. The van der Waals surface area contributed by atoms with E-state index in [1.54, 1.807) is 18.2 Å². The van der Waals surface area contributed by atoms with Gasteiger partial charge in [0.15, 0.2) is 18.1 Å². The van der Waals surface area contributed by atoms with Gasteiger partial charge < -0.3 is 24.8 Å². The Balaban J connectivity index is 1.46. The predicted octanol–water partition coefficient (Wildman–Crippen LogP) is 2.02. The Kier molecular flexibility index (Phi) is 9.61. The highest BCUT2D eigenvalue weighted by molar-refractivity contribution is 6.35. The smallest absolute Gasteiger partial charge is 0.329 e. The highest BCUT2D eigenvalue weighted by Crippen LogP contribution is 2.27. The van der Waals surface area contributed by atoms with Gasteiger partial charge in [-0.15, -0.1) is 0 Å². The average molecular weight is 483 g/mol. The van der Waals surface area contributed by atoms with Crippen LogP contribution in [0, 0.1) is 0 Å². The average Bonchev–Trinajstić information content (AvgIpc) is 3.40. The maximum atomic E-state index is 12.2. The third-order valence-corrected chi connectivity index (χ3v) is 5.29. The Bertz CT molecular complexity index is 1050. The molecule has 2 aromatic rings. The Labute approximate surface area is 204 Å². The van der Waals surface area contributed by atoms with Gasteiger partial charge in [-0.1, -0.05) is 19.1 Å². The standard InChI is InChI=1S/C25H30N4O6/c1-3-17-6-9-19(10-7-17)28-23(30)16-35-21-11-8-18(13-22(21)33-2)14-27-29-25(32)24(31)26-15-20-5-4-12-34-20/h6-11,13-14,20H,3-5,12,15-16H2,1-2H3,(H,26,31)(H,28,30)(H,29,32)/b27-14-/t20-/m0/s1. The van der Waals surface area contributed by atoms with E-state index in [0.29, 0.717) is 29.4 Å². The Hall–Kier alpha value is -3.92. The molecule has 1 atom stereocenters. The Morgan fingerprint density at radius 2 is 1.91 bits per heavy atom. The molecule has 0 unspecified atom stereocenters. The number of rotatable bonds is 10. The number of hydrogen-bond acceptors (Lipinski definition) is 7. The number of nitrogens with one attached hydrogen (secondary N) is 3. The van der Waals surface area contributed by atoms with E-state index in [-0.39, 0.29) is 25.2 Å². The lowest BCUT2D eigenvalue weighted by molar-refractivity contribution is -0.139. The van der Waals surface area contributed by atoms with Crippen LogP contribution < -0.4 is 25.5 Å². The SMILES string of the molecule is CCc1ccc(NC(=O)COc2ccc(/C=N\NC(=O)C(=O)NC[C@@H]3CCCO3)cc2OC)cc1. The van der Waals surface area contributed by atoms with Gasteiger partial charge in [0, 0.05) is 18.8 Å². The van der Waals surface area contributed by atoms with Gasteiger partial charge in [-0.2, -0.15) is 5.10 Å². The zero-order chi connectivity index (χ0) is 25.0. The Morgan fingerprint density at radius 1 is 1.11 bits per heavy atom. The van der Waals surface area contributed by atoms with Crippen molar-refractivity contribution in [1.82, 2.24) is 10.7 Å². The minimum Gasteiger partial charge on any atom is -0.493 e. The maximum Gasteiger partial charge on any atom is 0.329 e. The van der Waals surface area contributed by atoms with E-state index in [9.17, 15) is 14.4 Å². The highest BCUT2D eigenvalue weighted by Gasteiger charge is 2.19. The summed E-state index contributed by atoms with van der Waals surface area (Å²) in [7, 11) is 1.47. The van der Waals surface area contributed by atoms with Gasteiger partial charge in [-0.05, 0) is 60.7 Å². The van der Waals surface area contributed by atoms with Crippen LogP contribution in [-0.2, 0) is 25.5 Å². The number of anilines is 1. The van der Waals surface area contributed by atoms with E-state index in [2.05, 4.69) is 28.1 Å². The summed E-state index contributed by atoms with van der Waals surface area (Å²) in [5.74, 6) is -1.20. The monoisotopic (exact) mass is 482 g/mol. The molecular formula is C25H30N4O6. The third-order valence-electron chi connectivity index (χ3n) is 5.29. The first kappa shape index (κ1) is 25.7. The molecule has 3 N–H and O–H groups in total. The number of amides is 3. The molecule has 3 rings (SSSR count). The van der Waals surface area contributed by atoms with E-state index in [4.69, 9.17) is 14.2 Å². The zero-order valence-corrected chi connectivity index (χ0v) is 19.8. The van der Waals surface area contributed by atoms with Crippen molar-refractivity contribution in [3.8, 4) is 11.5 Å². The predicted molar refractivity (Wildman–Crippen MR) is 131 cm³/mol. The van der Waals surface area contributed by atoms with Crippen LogP contribution in [-0.4, -0.2) is 56.9 Å². The number of nitrogens with zero attached hydrogens (tertiary/aromatic N) is 1. The lowest BCUT2D eigenvalue weighted by atomic mass is 10.1. The van der Waals surface area contributed by atoms with Crippen LogP contribution in [0.15, 0.2) is 47.6 Å². The fraction of sp³-hybridized carbons (Fsp3) is 0.360. The third kappa shape index (κ3) is 8.11. The quantitative estimate of drug-likeness (QED) is 0.270. The van der Waals surface area contributed by atoms with Gasteiger partial charge in [-0.25, -0.2) is 5.43 Å². The number of aryl methyl sites for hydroxylation is 1. The van der Waals surface area contributed by atoms with Crippen LogP contribution in [0.5, 0.6) is 11.5 Å². The molecule has 0 aromatic heterocycles. The first-order valence-electron chi connectivity index (χ1n) is 11.4. The van der Waals surface area contributed by atoms with Gasteiger partial charge in [0.2, 0.25) is 0 Å². The first-order valence-corrected chi connectivity index (χ1v) is 11.4. The van der Waals surface area contributed by atoms with Gasteiger partial charge in [0.05, 0.1) is 19.4 Å². The molecule has 1 aliphatic rings. The normalized spacial score (nSPS) is 15.0. The highest BCUT2D eigenvalue weighted by atomic mass is 16.5. The van der Waals surface area contributed by atoms with Crippen molar-refractivity contribution in [2.45, 2.75) is 32.3 Å². The molecule has 0 saturated carbocycles. The summed E-state index contributed by atoms with van der Waals surface area (Å²) < 4.78 is 16.3. The van der Waals surface area contributed by atoms with Crippen LogP contribution >= 0.6 is 0 Å². The number of carbonyl (C=O) groups is 3. The molecule has 35 heavy (non-hydrogen) atoms. The minimum atomic E-state index is -0.874. The first-order chi connectivity index (χ1) is 17.0. The number of methoxy groups -OCH3 is 1. The fourth-order valence-electron chi connectivity index (χ4n) is 3.36. The minimum absolute atomic E-state index is 0.0538. The molecule has 0 bridgehead atoms. The summed E-state index contributed by atoms with van der Waals surface area (Å²) in [5, 5.41) is 9.11. The number of benzene rings is 2. The zero-order valence-electron chi connectivity index (χ0n) is 19.8. The second kappa shape index (κ2) is 13.1. The molecule has 0 aliphatic carbocycles. The fourth-order valence-corrected chi connectivity index (χ4v) is 3.36. The maximum absolute atomic E-state index is 12.2. The van der Waals surface area contributed by atoms with Crippen molar-refractivity contribution in [3.63, 3.8) is 0 Å². The molecule has 0 radical (unpaired) electrons. The molecule has 1 fully saturated rings. The molecule has 0 spiro atoms. The Morgan fingerprint density at radius 3 is 2.60 bits per heavy atom. The molecule has 1 aliphatic heterocycles. The molecule has 186 valence electrons. The van der Waals surface area contributed by atoms with Crippen LogP contribution in [0.4, 0.5) is 5.69 Å². The summed E-state index contributed by atoms with van der Waals surface area (Å²) in [6.45, 7) is 2.83. The molecule has 3 amide bonds. The number of ether oxygens (including phenoxy) is 3. The van der Waals surface area contributed by atoms with E-state index < -0.39 is 11.8 Å². The lowest BCUT2D eigenvalue weighted by Gasteiger charge is -2.12. The molecule has 10 heteroatoms. The van der Waals surface area contributed by atoms with Gasteiger partial charge in [0.1, 0.15) is 0 Å². The molecular weight excluding hydrogens is 452 g/mol. The summed E-state index contributed by atoms with van der Waals surface area (Å²) in [6.07, 6.45) is 4.05. The van der Waals surface area contributed by atoms with E-state index in [1.807, 2.05) is 24.3 Å². The van der Waals surface area contributed by atoms with Crippen LogP contribution in [0.1, 0.15) is 30.9 Å². The van der Waals surface area contributed by atoms with Gasteiger partial charge in [-0.3, -0.25) is 14.4 Å². The second-order valence-corrected chi connectivity index (χ2v) is 7.84. The van der Waals surface area contributed by atoms with Crippen molar-refractivity contribution in [2.24, 2.45) is 5.10 Å². The summed E-state index contributed by atoms with van der Waals surface area (Å²) >= 11 is 0. The van der Waals surface area contributed by atoms with Crippen molar-refractivity contribution < 1.29 is 28.6 Å². The second-order valence-electron chi connectivity index (χ2n) is 7.84. The van der Waals surface area contributed by atoms with Gasteiger partial charge in [0.25, 0.3) is 5.91 Å². The van der Waals surface area contributed by atoms with E-state index in [0.717, 1.165) is 19.3 Å². The van der Waals surface area contributed by atoms with E-state index >= 15 is 0 Å². The lowest BCUT2D eigenvalue weighted by Crippen LogP contribution is -2.41. The summed E-state index contributed by atoms with van der Waals surface area (Å²) in [4.78, 5) is 35.9. The van der Waals surface area contributed by atoms with Crippen LogP contribution in [0.2, 0.25) is 0 Å². The topological polar surface area (TPSA) is 127 Å². The molecule has 2 aromatic carbocycles. The van der Waals surface area contributed by atoms with Crippen LogP contribution in [0.25, 0.3) is 0 Å². The molecule has 10 nitrogen and oxygen atoms in total. The number of hydrogen-bond donors (Lipinski definition) is 3. The van der Waals surface area contributed by atoms with Crippen molar-refractivity contribution in [1.29, 1.82) is 0 Å². The van der Waals surface area contributed by atoms with E-state index in [1.165, 1.54) is 18.9 Å². The largest absolute Gasteiger partial charge is 0.493 e. The summed E-state index contributed by atoms with van der Waals surface area (Å²) in [6, 6.07) is 12.5. The molecule has 1 heterocycles. The van der Waals surface area contributed by atoms with Crippen molar-refractivity contribution >= 4 is 29.6 Å². The molecule has 1 saturated heterocycles.